The molecule has 33 heteroatoms. The third-order valence-corrected chi connectivity index (χ3v) is 22.5. The summed E-state index contributed by atoms with van der Waals surface area (Å²) in [6.07, 6.45) is 3.87. The number of carboxylic acids is 1. The number of aliphatic carboxylic acids is 1. The maximum Gasteiger partial charge on any atom is 0.305 e. The van der Waals surface area contributed by atoms with E-state index in [1.807, 2.05) is 32.9 Å². The molecule has 32 nitrogen and oxygen atoms in total. The molecule has 0 saturated carbocycles. The third kappa shape index (κ3) is 28.7. The van der Waals surface area contributed by atoms with Gasteiger partial charge in [-0.15, -0.1) is 11.8 Å². The summed E-state index contributed by atoms with van der Waals surface area (Å²) >= 11 is 1.13. The number of rotatable bonds is 20. The first-order valence-electron chi connectivity index (χ1n) is 41.1. The highest BCUT2D eigenvalue weighted by Crippen LogP contribution is 2.24. The summed E-state index contributed by atoms with van der Waals surface area (Å²) in [6.45, 7) is 8.89. The number of likely N-dealkylation sites (N-methyl/N-ethyl adjacent to an activating group) is 5. The SMILES string of the molecule is CCCC[C@H]1C(=O)N(C)CC(=O)N[C@@H](CC(=O)O)C(=O)N[C@@H](C(C)C)C(=O)N(C)[C@@H](Cc2ccccc2)C(=O)N[C@@H](Cc2ccc(O)cc2)C(=O)N(C)CC(=O)N[C@@H](Cc2c[nH]c3ccccc23)C(=O)N[C@@H](Cc2ccc(O)cc2)C(=O)N[C@@H](CC(C)C)C(=O)N[C@H](C)CSCC(=O)N[C@@H](Cc2cccnc2)C(=O)N(C)[C@@H](Cc2ccccc2)C(=O)N1C. The van der Waals surface area contributed by atoms with Crippen LogP contribution < -0.4 is 42.5 Å². The summed E-state index contributed by atoms with van der Waals surface area (Å²) in [5.41, 5.74) is 3.89. The molecule has 2 aromatic heterocycles. The number of hydrogen-bond donors (Lipinski definition) is 12. The van der Waals surface area contributed by atoms with Crippen LogP contribution >= 0.6 is 11.8 Å². The van der Waals surface area contributed by atoms with Gasteiger partial charge in [-0.1, -0.05) is 157 Å². The van der Waals surface area contributed by atoms with Gasteiger partial charge in [-0.05, 0) is 101 Å². The van der Waals surface area contributed by atoms with E-state index in [0.29, 0.717) is 57.1 Å². The fraction of sp³-hybridized carbons (Fsp3) is 0.433. The number of phenolic OH excluding ortho intramolecular Hbond substituents is 2. The molecule has 1 aliphatic rings. The predicted molar refractivity (Wildman–Crippen MR) is 463 cm³/mol. The zero-order valence-corrected chi connectivity index (χ0v) is 72.2. The molecule has 13 amide bonds. The number of phenols is 2. The fourth-order valence-corrected chi connectivity index (χ4v) is 15.4. The molecule has 1 saturated heterocycles. The van der Waals surface area contributed by atoms with E-state index in [4.69, 9.17) is 0 Å². The van der Waals surface area contributed by atoms with Gasteiger partial charge in [-0.2, -0.15) is 0 Å². The number of hydrogen-bond acceptors (Lipinski definition) is 18. The first-order chi connectivity index (χ1) is 58.6. The molecule has 0 spiro atoms. The number of aromatic nitrogens is 2. The van der Waals surface area contributed by atoms with E-state index in [9.17, 15) is 48.9 Å². The Balaban J connectivity index is 1.18. The maximum atomic E-state index is 15.4. The minimum atomic E-state index is -1.88. The number of nitrogens with zero attached hydrogens (tertiary/aromatic N) is 6. The summed E-state index contributed by atoms with van der Waals surface area (Å²) in [7, 11) is 6.69. The molecule has 7 aromatic rings. The smallest absolute Gasteiger partial charge is 0.305 e. The minimum absolute atomic E-state index is 0.0695. The van der Waals surface area contributed by atoms with Crippen molar-refractivity contribution >= 4 is 105 Å². The van der Waals surface area contributed by atoms with Crippen LogP contribution in [0.1, 0.15) is 107 Å². The lowest BCUT2D eigenvalue weighted by Crippen LogP contribution is -2.61. The average molecular weight is 1710 g/mol. The van der Waals surface area contributed by atoms with Crippen LogP contribution in [0.3, 0.4) is 0 Å². The zero-order chi connectivity index (χ0) is 89.7. The van der Waals surface area contributed by atoms with Crippen LogP contribution in [-0.4, -0.2) is 259 Å². The Morgan fingerprint density at radius 3 is 1.50 bits per heavy atom. The van der Waals surface area contributed by atoms with Crippen molar-refractivity contribution in [2.75, 3.05) is 59.8 Å². The Labute approximate surface area is 720 Å². The van der Waals surface area contributed by atoms with Crippen LogP contribution in [0.15, 0.2) is 164 Å². The van der Waals surface area contributed by atoms with Crippen LogP contribution in [0.4, 0.5) is 0 Å². The fourth-order valence-electron chi connectivity index (χ4n) is 14.5. The van der Waals surface area contributed by atoms with Gasteiger partial charge in [0, 0.05) is 115 Å². The second-order valence-corrected chi connectivity index (χ2v) is 33.1. The Hall–Kier alpha value is -12.7. The van der Waals surface area contributed by atoms with E-state index in [-0.39, 0.29) is 80.3 Å². The van der Waals surface area contributed by atoms with Crippen LogP contribution in [-0.2, 0) is 106 Å². The number of carbonyl (C=O) groups excluding carboxylic acids is 13. The number of thioether (sulfide) groups is 1. The molecule has 0 radical (unpaired) electrons. The summed E-state index contributed by atoms with van der Waals surface area (Å²) in [5, 5.41) is 53.8. The number of fused-ring (bicyclic) bond motifs is 1. The zero-order valence-electron chi connectivity index (χ0n) is 71.3. The largest absolute Gasteiger partial charge is 0.508 e. The van der Waals surface area contributed by atoms with Crippen LogP contribution in [0.25, 0.3) is 10.9 Å². The number of unbranched alkanes of at least 4 members (excludes halogenated alkanes) is 1. The minimum Gasteiger partial charge on any atom is -0.508 e. The molecular weight excluding hydrogens is 1600 g/mol. The van der Waals surface area contributed by atoms with Gasteiger partial charge in [-0.3, -0.25) is 72.1 Å². The van der Waals surface area contributed by atoms with Crippen molar-refractivity contribution in [1.29, 1.82) is 0 Å². The van der Waals surface area contributed by atoms with E-state index < -0.39 is 175 Å². The lowest BCUT2D eigenvalue weighted by molar-refractivity contribution is -0.151. The van der Waals surface area contributed by atoms with Crippen molar-refractivity contribution in [1.82, 2.24) is 77.0 Å². The van der Waals surface area contributed by atoms with Gasteiger partial charge in [0.1, 0.15) is 71.9 Å². The van der Waals surface area contributed by atoms with Crippen LogP contribution in [0.5, 0.6) is 11.5 Å². The molecule has 12 N–H and O–H groups in total. The number of aromatic hydroxyl groups is 2. The van der Waals surface area contributed by atoms with E-state index >= 15 is 33.6 Å². The van der Waals surface area contributed by atoms with E-state index in [2.05, 4.69) is 52.5 Å². The molecule has 0 bridgehead atoms. The highest BCUT2D eigenvalue weighted by atomic mass is 32.2. The Bertz CT molecular complexity index is 4790. The number of nitrogens with one attached hydrogen (secondary N) is 9. The number of pyridine rings is 1. The first-order valence-corrected chi connectivity index (χ1v) is 42.3. The van der Waals surface area contributed by atoms with E-state index in [0.717, 1.165) is 26.5 Å². The summed E-state index contributed by atoms with van der Waals surface area (Å²) in [5.74, 6) is -13.4. The Morgan fingerprint density at radius 1 is 0.463 bits per heavy atom. The number of benzene rings is 5. The lowest BCUT2D eigenvalue weighted by Gasteiger charge is -2.37. The summed E-state index contributed by atoms with van der Waals surface area (Å²) in [6, 6.07) is 24.4. The van der Waals surface area contributed by atoms with E-state index in [1.165, 1.54) is 87.6 Å². The second kappa shape index (κ2) is 46.4. The molecule has 1 aliphatic heterocycles. The number of para-hydroxylation sites is 1. The maximum absolute atomic E-state index is 15.4. The molecule has 0 aliphatic carbocycles. The van der Waals surface area contributed by atoms with Crippen molar-refractivity contribution in [3.05, 3.63) is 198 Å². The summed E-state index contributed by atoms with van der Waals surface area (Å²) < 4.78 is 0. The third-order valence-electron chi connectivity index (χ3n) is 21.3. The number of aromatic amines is 1. The Kier molecular flexibility index (Phi) is 36.1. The topological polar surface area (TPSA) is 441 Å². The molecular formula is C90H115N15O17S. The van der Waals surface area contributed by atoms with Crippen molar-refractivity contribution in [3.8, 4) is 11.5 Å². The van der Waals surface area contributed by atoms with Gasteiger partial charge in [0.15, 0.2) is 0 Å². The molecule has 5 aromatic carbocycles. The van der Waals surface area contributed by atoms with Gasteiger partial charge < -0.3 is 87.3 Å². The van der Waals surface area contributed by atoms with Gasteiger partial charge in [0.2, 0.25) is 76.8 Å². The van der Waals surface area contributed by atoms with Gasteiger partial charge in [0.05, 0.1) is 25.3 Å². The van der Waals surface area contributed by atoms with Gasteiger partial charge in [-0.25, -0.2) is 0 Å². The highest BCUT2D eigenvalue weighted by molar-refractivity contribution is 8.00. The van der Waals surface area contributed by atoms with Gasteiger partial charge in [0.25, 0.3) is 0 Å². The van der Waals surface area contributed by atoms with Crippen molar-refractivity contribution in [3.63, 3.8) is 0 Å². The number of amides is 13. The molecule has 1 fully saturated rings. The van der Waals surface area contributed by atoms with Gasteiger partial charge >= 0.3 is 5.97 Å². The van der Waals surface area contributed by atoms with E-state index in [1.54, 1.807) is 130 Å². The normalized spacial score (nSPS) is 22.5. The number of carboxylic acid groups (broad SMARTS) is 1. The molecule has 658 valence electrons. The quantitative estimate of drug-likeness (QED) is 0.0510. The number of carbonyl (C=O) groups is 14. The van der Waals surface area contributed by atoms with Crippen molar-refractivity contribution in [2.24, 2.45) is 11.8 Å². The highest BCUT2D eigenvalue weighted by Gasteiger charge is 2.42. The molecule has 0 unspecified atom stereocenters. The molecule has 123 heavy (non-hydrogen) atoms. The Morgan fingerprint density at radius 2 is 0.935 bits per heavy atom. The van der Waals surface area contributed by atoms with Crippen LogP contribution in [0, 0.1) is 11.8 Å². The average Bonchev–Trinajstić information content (AvgIpc) is 1.12. The first kappa shape index (κ1) is 95.8. The lowest BCUT2D eigenvalue weighted by atomic mass is 9.98. The predicted octanol–water partition coefficient (Wildman–Crippen LogP) is 4.14. The second-order valence-electron chi connectivity index (χ2n) is 32.1. The van der Waals surface area contributed by atoms with Crippen molar-refractivity contribution in [2.45, 2.75) is 179 Å². The molecule has 11 atom stereocenters. The number of H-pyrrole nitrogens is 1. The molecule has 8 rings (SSSR count). The monoisotopic (exact) mass is 1710 g/mol. The van der Waals surface area contributed by atoms with Crippen LogP contribution in [0.2, 0.25) is 0 Å². The van der Waals surface area contributed by atoms with Crippen molar-refractivity contribution < 1.29 is 82.4 Å². The molecule has 3 heterocycles. The summed E-state index contributed by atoms with van der Waals surface area (Å²) in [4.78, 5) is 220. The standard InChI is InChI=1S/C90H115N15O17S/c1-12-13-30-73-88(120)102(8)51-77(109)95-70(47-79(111)112)84(116)100-80(55(4)5)90(122)104(10)74(44-57-23-16-14-17-24-57)85(117)99-71(42-60-33-37-64(107)38-34-60)86(118)101(7)50-76(108)94-69(46-62-49-92-66-29-21-20-28-65(62)66)83(115)98-68(41-59-31-35-63(106)36-32-59)82(114)97-67(40-54(2)3)81(113)93-56(6)52-123-53-78(110)96-72(43-61-27-22-39-91-48-61)87(119)105(11)75(89(121)103(73)9)45-58-25-18-15-19-26-58/h14-29,31-39,48-49,54-56,67-75,80,92,106-107H,12-13,30,40-47,50-53H2,1-11H3,(H,93,113)(H,94,108)(H,95,109)(H,96,110)(H,97,114)(H,98,115)(H,99,117)(H,100,116)(H,111,112)/t56-,67+,68+,69+,70+,71+,72+,73+,74+,75+,80+/m1/s1.